The van der Waals surface area contributed by atoms with Crippen LogP contribution >= 0.6 is 0 Å². The van der Waals surface area contributed by atoms with Crippen LogP contribution in [0.15, 0.2) is 16.5 Å². The molecule has 8 heteroatoms. The number of rotatable bonds is 5. The van der Waals surface area contributed by atoms with Gasteiger partial charge in [-0.05, 0) is 31.5 Å². The molecular weight excluding hydrogens is 318 g/mol. The van der Waals surface area contributed by atoms with Crippen LogP contribution in [0.3, 0.4) is 0 Å². The molecule has 2 rings (SSSR count). The molecule has 0 aliphatic carbocycles. The van der Waals surface area contributed by atoms with Gasteiger partial charge in [0.2, 0.25) is 5.76 Å². The highest BCUT2D eigenvalue weighted by molar-refractivity contribution is 5.98. The summed E-state index contributed by atoms with van der Waals surface area (Å²) in [5.74, 6) is -1.50. The molecule has 2 heterocycles. The van der Waals surface area contributed by atoms with Gasteiger partial charge in [-0.3, -0.25) is 0 Å². The first-order valence-corrected chi connectivity index (χ1v) is 7.00. The maximum atomic E-state index is 12.2. The first-order chi connectivity index (χ1) is 11.4. The molecule has 24 heavy (non-hydrogen) atoms. The van der Waals surface area contributed by atoms with Gasteiger partial charge >= 0.3 is 17.9 Å². The Hall–Kier alpha value is -3.03. The van der Waals surface area contributed by atoms with E-state index in [9.17, 15) is 14.4 Å². The molecule has 2 aromatic rings. The Balaban J connectivity index is 2.09. The van der Waals surface area contributed by atoms with Crippen LogP contribution in [0, 0.1) is 13.8 Å². The number of aromatic amines is 1. The van der Waals surface area contributed by atoms with E-state index >= 15 is 0 Å². The van der Waals surface area contributed by atoms with Crippen molar-refractivity contribution in [2.45, 2.75) is 20.5 Å². The zero-order valence-electron chi connectivity index (χ0n) is 13.7. The van der Waals surface area contributed by atoms with Gasteiger partial charge in [0, 0.05) is 5.69 Å². The van der Waals surface area contributed by atoms with Crippen molar-refractivity contribution >= 4 is 17.9 Å². The van der Waals surface area contributed by atoms with Crippen molar-refractivity contribution in [1.29, 1.82) is 0 Å². The van der Waals surface area contributed by atoms with Gasteiger partial charge in [0.15, 0.2) is 0 Å². The minimum atomic E-state index is -0.651. The fraction of sp³-hybridized carbons (Fsp3) is 0.312. The molecule has 0 aliphatic rings. The number of carbonyl (C=O) groups excluding carboxylic acids is 3. The van der Waals surface area contributed by atoms with Gasteiger partial charge in [0.25, 0.3) is 0 Å². The summed E-state index contributed by atoms with van der Waals surface area (Å²) in [6.07, 6.45) is 0. The van der Waals surface area contributed by atoms with Gasteiger partial charge in [-0.25, -0.2) is 14.4 Å². The van der Waals surface area contributed by atoms with E-state index in [2.05, 4.69) is 14.5 Å². The third-order valence-corrected chi connectivity index (χ3v) is 3.42. The van der Waals surface area contributed by atoms with Crippen LogP contribution in [0.5, 0.6) is 0 Å². The average molecular weight is 335 g/mol. The minimum absolute atomic E-state index is 0.0171. The second-order valence-electron chi connectivity index (χ2n) is 4.95. The zero-order valence-corrected chi connectivity index (χ0v) is 13.7. The number of esters is 3. The molecule has 0 fully saturated rings. The third-order valence-electron chi connectivity index (χ3n) is 3.42. The van der Waals surface area contributed by atoms with E-state index in [0.29, 0.717) is 16.8 Å². The molecule has 0 atom stereocenters. The van der Waals surface area contributed by atoms with E-state index < -0.39 is 17.9 Å². The Morgan fingerprint density at radius 3 is 2.33 bits per heavy atom. The number of ether oxygens (including phenoxy) is 3. The fourth-order valence-electron chi connectivity index (χ4n) is 2.24. The number of H-pyrrole nitrogens is 1. The quantitative estimate of drug-likeness (QED) is 0.659. The van der Waals surface area contributed by atoms with Crippen LogP contribution in [-0.4, -0.2) is 37.1 Å². The second-order valence-corrected chi connectivity index (χ2v) is 4.95. The summed E-state index contributed by atoms with van der Waals surface area (Å²) in [4.78, 5) is 38.0. The van der Waals surface area contributed by atoms with Gasteiger partial charge in [-0.2, -0.15) is 0 Å². The highest BCUT2D eigenvalue weighted by Gasteiger charge is 2.23. The lowest BCUT2D eigenvalue weighted by Crippen LogP contribution is -2.08. The first-order valence-electron chi connectivity index (χ1n) is 7.00. The van der Waals surface area contributed by atoms with Crippen molar-refractivity contribution in [2.24, 2.45) is 0 Å². The smallest absolute Gasteiger partial charge is 0.373 e. The van der Waals surface area contributed by atoms with Crippen molar-refractivity contribution in [1.82, 2.24) is 4.98 Å². The fourth-order valence-corrected chi connectivity index (χ4v) is 2.24. The number of nitrogens with one attached hydrogen (secondary N) is 1. The molecule has 0 saturated heterocycles. The molecule has 2 aromatic heterocycles. The molecule has 0 bridgehead atoms. The van der Waals surface area contributed by atoms with Crippen molar-refractivity contribution in [3.63, 3.8) is 0 Å². The number of aryl methyl sites for hydroxylation is 1. The van der Waals surface area contributed by atoms with Crippen molar-refractivity contribution in [3.8, 4) is 0 Å². The maximum Gasteiger partial charge on any atom is 0.373 e. The predicted molar refractivity (Wildman–Crippen MR) is 80.8 cm³/mol. The van der Waals surface area contributed by atoms with E-state index in [1.165, 1.54) is 26.4 Å². The summed E-state index contributed by atoms with van der Waals surface area (Å²) in [6, 6.07) is 2.93. The van der Waals surface area contributed by atoms with Crippen LogP contribution in [0.1, 0.15) is 48.4 Å². The minimum Gasteiger partial charge on any atom is -0.465 e. The third kappa shape index (κ3) is 3.32. The van der Waals surface area contributed by atoms with Crippen molar-refractivity contribution in [2.75, 3.05) is 14.2 Å². The maximum absolute atomic E-state index is 12.2. The van der Waals surface area contributed by atoms with Crippen LogP contribution in [-0.2, 0) is 20.8 Å². The molecule has 0 spiro atoms. The number of aromatic nitrogens is 1. The Morgan fingerprint density at radius 2 is 1.71 bits per heavy atom. The van der Waals surface area contributed by atoms with Crippen molar-refractivity contribution < 1.29 is 33.0 Å². The summed E-state index contributed by atoms with van der Waals surface area (Å²) >= 11 is 0. The Morgan fingerprint density at radius 1 is 1.04 bits per heavy atom. The standard InChI is InChI=1S/C16H17NO7/c1-8-12(15(19)22-4)9(2)17-13(8)16(20)23-7-10-5-6-11(24-10)14(18)21-3/h5-6,17H,7H2,1-4H3. The summed E-state index contributed by atoms with van der Waals surface area (Å²) in [7, 11) is 2.50. The van der Waals surface area contributed by atoms with Crippen LogP contribution in [0.2, 0.25) is 0 Å². The highest BCUT2D eigenvalue weighted by atomic mass is 16.6. The summed E-state index contributed by atoms with van der Waals surface area (Å²) in [5, 5.41) is 0. The first kappa shape index (κ1) is 17.3. The predicted octanol–water partition coefficient (Wildman–Crippen LogP) is 2.15. The monoisotopic (exact) mass is 335 g/mol. The number of furan rings is 1. The molecule has 1 N–H and O–H groups in total. The van der Waals surface area contributed by atoms with E-state index in [1.807, 2.05) is 0 Å². The topological polar surface area (TPSA) is 108 Å². The molecule has 0 amide bonds. The Kier molecular flexibility index (Phi) is 5.08. The second kappa shape index (κ2) is 7.03. The Bertz CT molecular complexity index is 784. The van der Waals surface area contributed by atoms with E-state index in [1.54, 1.807) is 13.8 Å². The van der Waals surface area contributed by atoms with Crippen LogP contribution < -0.4 is 0 Å². The van der Waals surface area contributed by atoms with Crippen LogP contribution in [0.4, 0.5) is 0 Å². The lowest BCUT2D eigenvalue weighted by molar-refractivity contribution is 0.0431. The van der Waals surface area contributed by atoms with E-state index in [0.717, 1.165) is 0 Å². The van der Waals surface area contributed by atoms with E-state index in [-0.39, 0.29) is 23.8 Å². The van der Waals surface area contributed by atoms with Crippen molar-refractivity contribution in [3.05, 3.63) is 46.2 Å². The molecule has 128 valence electrons. The summed E-state index contributed by atoms with van der Waals surface area (Å²) < 4.78 is 19.5. The summed E-state index contributed by atoms with van der Waals surface area (Å²) in [6.45, 7) is 3.11. The molecule has 0 radical (unpaired) electrons. The largest absolute Gasteiger partial charge is 0.465 e. The number of hydrogen-bond donors (Lipinski definition) is 1. The zero-order chi connectivity index (χ0) is 17.9. The lowest BCUT2D eigenvalue weighted by Gasteiger charge is -2.03. The molecule has 0 unspecified atom stereocenters. The number of carbonyl (C=O) groups is 3. The van der Waals surface area contributed by atoms with Gasteiger partial charge in [-0.1, -0.05) is 0 Å². The SMILES string of the molecule is COC(=O)c1ccc(COC(=O)c2[nH]c(C)c(C(=O)OC)c2C)o1. The lowest BCUT2D eigenvalue weighted by atomic mass is 10.1. The highest BCUT2D eigenvalue weighted by Crippen LogP contribution is 2.20. The molecule has 0 saturated carbocycles. The normalized spacial score (nSPS) is 10.3. The van der Waals surface area contributed by atoms with Crippen LogP contribution in [0.25, 0.3) is 0 Å². The molecule has 0 aliphatic heterocycles. The van der Waals surface area contributed by atoms with Gasteiger partial charge in [-0.15, -0.1) is 0 Å². The molecule has 0 aromatic carbocycles. The Labute approximate surface area is 137 Å². The number of methoxy groups -OCH3 is 2. The van der Waals surface area contributed by atoms with E-state index in [4.69, 9.17) is 9.15 Å². The molecular formula is C16H17NO7. The average Bonchev–Trinajstić information content (AvgIpc) is 3.16. The van der Waals surface area contributed by atoms with Gasteiger partial charge in [0.05, 0.1) is 19.8 Å². The molecule has 8 nitrogen and oxygen atoms in total. The van der Waals surface area contributed by atoms with Gasteiger partial charge < -0.3 is 23.6 Å². The van der Waals surface area contributed by atoms with Gasteiger partial charge in [0.1, 0.15) is 18.1 Å². The number of hydrogen-bond acceptors (Lipinski definition) is 7. The summed E-state index contributed by atoms with van der Waals surface area (Å²) in [5.41, 5.74) is 1.42.